The van der Waals surface area contributed by atoms with Crippen LogP contribution in [0.2, 0.25) is 0 Å². The van der Waals surface area contributed by atoms with Gasteiger partial charge in [-0.2, -0.15) is 0 Å². The number of hydrogen-bond acceptors (Lipinski definition) is 4. The number of carbonyl (C=O) groups excluding carboxylic acids is 1. The van der Waals surface area contributed by atoms with Crippen LogP contribution in [0.4, 0.5) is 11.4 Å². The Labute approximate surface area is 122 Å². The van der Waals surface area contributed by atoms with Crippen LogP contribution in [0.3, 0.4) is 0 Å². The lowest BCUT2D eigenvalue weighted by Crippen LogP contribution is -2.45. The number of para-hydroxylation sites is 2. The Hall–Kier alpha value is -2.59. The largest absolute Gasteiger partial charge is 0.376 e. The van der Waals surface area contributed by atoms with E-state index in [-0.39, 0.29) is 5.78 Å². The third kappa shape index (κ3) is 1.56. The zero-order chi connectivity index (χ0) is 14.6. The van der Waals surface area contributed by atoms with Gasteiger partial charge in [-0.05, 0) is 19.1 Å². The van der Waals surface area contributed by atoms with Crippen molar-refractivity contribution in [3.8, 4) is 0 Å². The second-order valence-corrected chi connectivity index (χ2v) is 5.49. The van der Waals surface area contributed by atoms with Crippen molar-refractivity contribution in [2.24, 2.45) is 0 Å². The second-order valence-electron chi connectivity index (χ2n) is 5.49. The maximum absolute atomic E-state index is 12.6. The Balaban J connectivity index is 1.98. The van der Waals surface area contributed by atoms with Gasteiger partial charge in [0, 0.05) is 11.1 Å². The minimum absolute atomic E-state index is 0.287. The number of Topliss-reactive ketones (excluding diaryl/α,β-unsaturated/α-hetero) is 1. The first-order chi connectivity index (χ1) is 10.1. The molecule has 1 atom stereocenters. The Kier molecular flexibility index (Phi) is 2.30. The van der Waals surface area contributed by atoms with Crippen LogP contribution in [-0.4, -0.2) is 16.5 Å². The molecule has 0 saturated carbocycles. The third-order valence-electron chi connectivity index (χ3n) is 4.07. The van der Waals surface area contributed by atoms with E-state index in [1.165, 1.54) is 6.92 Å². The number of aliphatic hydroxyl groups is 1. The van der Waals surface area contributed by atoms with Gasteiger partial charge in [-0.25, -0.2) is 0 Å². The number of anilines is 2. The summed E-state index contributed by atoms with van der Waals surface area (Å²) in [6.45, 7) is 1.53. The van der Waals surface area contributed by atoms with Crippen molar-refractivity contribution < 1.29 is 9.90 Å². The Morgan fingerprint density at radius 3 is 2.19 bits per heavy atom. The molecule has 21 heavy (non-hydrogen) atoms. The fourth-order valence-electron chi connectivity index (χ4n) is 2.94. The summed E-state index contributed by atoms with van der Waals surface area (Å²) in [6, 6.07) is 15.1. The molecule has 0 bridgehead atoms. The number of carbonyl (C=O) groups is 1. The number of benzene rings is 2. The van der Waals surface area contributed by atoms with Crippen molar-refractivity contribution in [2.75, 3.05) is 10.6 Å². The summed E-state index contributed by atoms with van der Waals surface area (Å²) < 4.78 is 0. The molecule has 0 saturated heterocycles. The third-order valence-corrected chi connectivity index (χ3v) is 4.07. The molecule has 0 fully saturated rings. The van der Waals surface area contributed by atoms with Crippen LogP contribution in [0, 0.1) is 0 Å². The number of hydrogen-bond donors (Lipinski definition) is 3. The van der Waals surface area contributed by atoms with Crippen LogP contribution in [-0.2, 0) is 0 Å². The van der Waals surface area contributed by atoms with E-state index in [1.54, 1.807) is 6.07 Å². The first-order valence-corrected chi connectivity index (χ1v) is 6.83. The Morgan fingerprint density at radius 1 is 0.905 bits per heavy atom. The summed E-state index contributed by atoms with van der Waals surface area (Å²) in [7, 11) is 0. The number of rotatable bonds is 0. The van der Waals surface area contributed by atoms with Crippen LogP contribution < -0.4 is 10.6 Å². The summed E-state index contributed by atoms with van der Waals surface area (Å²) in [5.41, 5.74) is 2.82. The normalized spacial score (nSPS) is 22.7. The molecule has 4 rings (SSSR count). The molecule has 4 nitrogen and oxygen atoms in total. The highest BCUT2D eigenvalue weighted by molar-refractivity contribution is 6.14. The van der Waals surface area contributed by atoms with Gasteiger partial charge in [-0.15, -0.1) is 0 Å². The van der Waals surface area contributed by atoms with Crippen LogP contribution in [0.1, 0.15) is 22.8 Å². The van der Waals surface area contributed by atoms with E-state index < -0.39 is 5.60 Å². The van der Waals surface area contributed by atoms with E-state index >= 15 is 0 Å². The van der Waals surface area contributed by atoms with Crippen LogP contribution in [0.25, 0.3) is 5.70 Å². The van der Waals surface area contributed by atoms with Gasteiger partial charge in [0.2, 0.25) is 5.78 Å². The van der Waals surface area contributed by atoms with Gasteiger partial charge in [0.05, 0.1) is 22.8 Å². The standard InChI is InChI=1S/C17H14N2O2/c1-17(21)15-14(10-6-2-3-7-11(10)16(17)20)18-12-8-4-5-9-13(12)19-15/h2-9,18-19,21H,1H3. The lowest BCUT2D eigenvalue weighted by Gasteiger charge is -2.37. The minimum Gasteiger partial charge on any atom is -0.376 e. The second kappa shape index (κ2) is 3.96. The highest BCUT2D eigenvalue weighted by atomic mass is 16.3. The lowest BCUT2D eigenvalue weighted by atomic mass is 9.80. The molecule has 1 unspecified atom stereocenters. The molecule has 2 aromatic carbocycles. The van der Waals surface area contributed by atoms with Crippen molar-refractivity contribution in [1.29, 1.82) is 0 Å². The van der Waals surface area contributed by atoms with Gasteiger partial charge in [0.15, 0.2) is 5.60 Å². The molecule has 0 radical (unpaired) electrons. The van der Waals surface area contributed by atoms with Gasteiger partial charge < -0.3 is 15.7 Å². The van der Waals surface area contributed by atoms with Crippen molar-refractivity contribution in [3.05, 3.63) is 65.4 Å². The van der Waals surface area contributed by atoms with Crippen LogP contribution in [0.15, 0.2) is 54.2 Å². The first-order valence-electron chi connectivity index (χ1n) is 6.83. The zero-order valence-corrected chi connectivity index (χ0v) is 11.5. The van der Waals surface area contributed by atoms with Gasteiger partial charge >= 0.3 is 0 Å². The fraction of sp³-hybridized carbons (Fsp3) is 0.118. The van der Waals surface area contributed by atoms with E-state index in [2.05, 4.69) is 10.6 Å². The number of fused-ring (bicyclic) bond motifs is 3. The van der Waals surface area contributed by atoms with E-state index in [4.69, 9.17) is 0 Å². The Morgan fingerprint density at radius 2 is 1.48 bits per heavy atom. The molecule has 2 aromatic rings. The molecule has 3 N–H and O–H groups in total. The van der Waals surface area contributed by atoms with Crippen LogP contribution in [0.5, 0.6) is 0 Å². The van der Waals surface area contributed by atoms with E-state index in [9.17, 15) is 9.90 Å². The molecular weight excluding hydrogens is 264 g/mol. The highest BCUT2D eigenvalue weighted by Crippen LogP contribution is 2.42. The maximum atomic E-state index is 12.6. The topological polar surface area (TPSA) is 61.4 Å². The van der Waals surface area contributed by atoms with Gasteiger partial charge in [0.1, 0.15) is 0 Å². The maximum Gasteiger partial charge on any atom is 0.200 e. The van der Waals surface area contributed by atoms with Gasteiger partial charge in [-0.1, -0.05) is 36.4 Å². The average Bonchev–Trinajstić information content (AvgIpc) is 2.52. The molecular formula is C17H14N2O2. The molecule has 0 amide bonds. The zero-order valence-electron chi connectivity index (χ0n) is 11.5. The molecule has 1 heterocycles. The van der Waals surface area contributed by atoms with Crippen molar-refractivity contribution >= 4 is 22.9 Å². The molecule has 2 aliphatic rings. The van der Waals surface area contributed by atoms with Gasteiger partial charge in [0.25, 0.3) is 0 Å². The van der Waals surface area contributed by atoms with E-state index in [1.807, 2.05) is 42.5 Å². The molecule has 0 spiro atoms. The lowest BCUT2D eigenvalue weighted by molar-refractivity contribution is 0.0551. The molecule has 104 valence electrons. The van der Waals surface area contributed by atoms with Crippen LogP contribution >= 0.6 is 0 Å². The van der Waals surface area contributed by atoms with Crippen molar-refractivity contribution in [1.82, 2.24) is 0 Å². The van der Waals surface area contributed by atoms with E-state index in [0.29, 0.717) is 11.3 Å². The molecule has 1 aliphatic heterocycles. The molecule has 4 heteroatoms. The highest BCUT2D eigenvalue weighted by Gasteiger charge is 2.44. The predicted octanol–water partition coefficient (Wildman–Crippen LogP) is 2.84. The summed E-state index contributed by atoms with van der Waals surface area (Å²) >= 11 is 0. The SMILES string of the molecule is CC1(O)C(=O)c2ccccc2C2=C1Nc1ccccc1N2. The van der Waals surface area contributed by atoms with Crippen molar-refractivity contribution in [2.45, 2.75) is 12.5 Å². The summed E-state index contributed by atoms with van der Waals surface area (Å²) in [5, 5.41) is 17.2. The monoisotopic (exact) mass is 278 g/mol. The molecule has 1 aliphatic carbocycles. The average molecular weight is 278 g/mol. The smallest absolute Gasteiger partial charge is 0.200 e. The predicted molar refractivity (Wildman–Crippen MR) is 82.0 cm³/mol. The van der Waals surface area contributed by atoms with Gasteiger partial charge in [-0.3, -0.25) is 4.79 Å². The first kappa shape index (κ1) is 12.2. The summed E-state index contributed by atoms with van der Waals surface area (Å²) in [6.07, 6.45) is 0. The number of nitrogens with one attached hydrogen (secondary N) is 2. The molecule has 0 aromatic heterocycles. The quantitative estimate of drug-likeness (QED) is 0.693. The fourth-order valence-corrected chi connectivity index (χ4v) is 2.94. The number of ketones is 1. The summed E-state index contributed by atoms with van der Waals surface area (Å²) in [5.74, 6) is -0.287. The Bertz CT molecular complexity index is 806. The van der Waals surface area contributed by atoms with Crippen molar-refractivity contribution in [3.63, 3.8) is 0 Å². The summed E-state index contributed by atoms with van der Waals surface area (Å²) in [4.78, 5) is 12.6. The van der Waals surface area contributed by atoms with E-state index in [0.717, 1.165) is 22.6 Å². The minimum atomic E-state index is -1.57.